The molecular weight excluding hydrogens is 262 g/mol. The molecule has 1 heterocycles. The van der Waals surface area contributed by atoms with Gasteiger partial charge in [0.1, 0.15) is 0 Å². The van der Waals surface area contributed by atoms with Crippen LogP contribution in [-0.2, 0) is 4.74 Å². The lowest BCUT2D eigenvalue weighted by molar-refractivity contribution is -0.0749. The van der Waals surface area contributed by atoms with Gasteiger partial charge in [0.25, 0.3) is 0 Å². The standard InChI is InChI=1S/C15H22ClNO2/c1-10-8-17(9-15(3,4)19-10)14-6-5-12(11(2)18)7-13(14)16/h5-7,10-11,18H,8-9H2,1-4H3/t10?,11-/m0/s1. The van der Waals surface area contributed by atoms with Crippen LogP contribution in [-0.4, -0.2) is 29.9 Å². The monoisotopic (exact) mass is 283 g/mol. The normalized spacial score (nSPS) is 24.3. The van der Waals surface area contributed by atoms with Gasteiger partial charge in [0.15, 0.2) is 0 Å². The predicted molar refractivity (Wildman–Crippen MR) is 78.9 cm³/mol. The Labute approximate surface area is 120 Å². The summed E-state index contributed by atoms with van der Waals surface area (Å²) in [6.07, 6.45) is -0.317. The van der Waals surface area contributed by atoms with E-state index in [1.807, 2.05) is 18.2 Å². The second kappa shape index (κ2) is 5.31. The van der Waals surface area contributed by atoms with Crippen LogP contribution in [0.1, 0.15) is 39.4 Å². The molecule has 19 heavy (non-hydrogen) atoms. The van der Waals surface area contributed by atoms with Crippen molar-refractivity contribution in [1.82, 2.24) is 0 Å². The largest absolute Gasteiger partial charge is 0.389 e. The number of aliphatic hydroxyl groups excluding tert-OH is 1. The summed E-state index contributed by atoms with van der Waals surface area (Å²) in [7, 11) is 0. The van der Waals surface area contributed by atoms with Gasteiger partial charge in [-0.15, -0.1) is 0 Å². The van der Waals surface area contributed by atoms with Crippen LogP contribution in [0, 0.1) is 0 Å². The molecule has 1 unspecified atom stereocenters. The zero-order valence-corrected chi connectivity index (χ0v) is 12.7. The van der Waals surface area contributed by atoms with E-state index in [0.29, 0.717) is 5.02 Å². The molecule has 0 bridgehead atoms. The Hall–Kier alpha value is -0.770. The van der Waals surface area contributed by atoms with Gasteiger partial charge < -0.3 is 14.7 Å². The molecule has 1 aliphatic rings. The molecule has 2 rings (SSSR count). The van der Waals surface area contributed by atoms with E-state index in [0.717, 1.165) is 24.3 Å². The van der Waals surface area contributed by atoms with Crippen molar-refractivity contribution in [2.75, 3.05) is 18.0 Å². The molecule has 1 fully saturated rings. The Bertz CT molecular complexity index is 459. The molecule has 106 valence electrons. The van der Waals surface area contributed by atoms with E-state index in [4.69, 9.17) is 16.3 Å². The molecule has 1 aromatic rings. The van der Waals surface area contributed by atoms with E-state index < -0.39 is 6.10 Å². The SMILES string of the molecule is CC1CN(c2ccc([C@H](C)O)cc2Cl)CC(C)(C)O1. The first-order valence-electron chi connectivity index (χ1n) is 6.69. The molecule has 4 heteroatoms. The summed E-state index contributed by atoms with van der Waals surface area (Å²) in [5, 5.41) is 10.3. The van der Waals surface area contributed by atoms with Crippen LogP contribution >= 0.6 is 11.6 Å². The van der Waals surface area contributed by atoms with Crippen molar-refractivity contribution in [3.63, 3.8) is 0 Å². The summed E-state index contributed by atoms with van der Waals surface area (Å²) in [6, 6.07) is 5.76. The minimum Gasteiger partial charge on any atom is -0.389 e. The van der Waals surface area contributed by atoms with Crippen LogP contribution in [0.5, 0.6) is 0 Å². The van der Waals surface area contributed by atoms with E-state index >= 15 is 0 Å². The van der Waals surface area contributed by atoms with Crippen molar-refractivity contribution < 1.29 is 9.84 Å². The molecule has 1 aliphatic heterocycles. The Kier molecular flexibility index (Phi) is 4.09. The number of halogens is 1. The summed E-state index contributed by atoms with van der Waals surface area (Å²) in [4.78, 5) is 2.25. The third-order valence-electron chi connectivity index (χ3n) is 3.36. The highest BCUT2D eigenvalue weighted by atomic mass is 35.5. The number of hydrogen-bond donors (Lipinski definition) is 1. The van der Waals surface area contributed by atoms with Gasteiger partial charge in [0, 0.05) is 13.1 Å². The highest BCUT2D eigenvalue weighted by molar-refractivity contribution is 6.33. The van der Waals surface area contributed by atoms with E-state index in [-0.39, 0.29) is 11.7 Å². The molecule has 1 aromatic carbocycles. The predicted octanol–water partition coefficient (Wildman–Crippen LogP) is 3.40. The maximum Gasteiger partial charge on any atom is 0.0805 e. The number of anilines is 1. The second-order valence-electron chi connectivity index (χ2n) is 5.96. The molecule has 0 aliphatic carbocycles. The molecule has 0 amide bonds. The van der Waals surface area contributed by atoms with Gasteiger partial charge in [-0.3, -0.25) is 0 Å². The zero-order chi connectivity index (χ0) is 14.2. The highest BCUT2D eigenvalue weighted by Crippen LogP contribution is 2.33. The fraction of sp³-hybridized carbons (Fsp3) is 0.600. The van der Waals surface area contributed by atoms with Gasteiger partial charge in [-0.1, -0.05) is 17.7 Å². The lowest BCUT2D eigenvalue weighted by Gasteiger charge is -2.43. The zero-order valence-electron chi connectivity index (χ0n) is 12.0. The molecule has 0 spiro atoms. The quantitative estimate of drug-likeness (QED) is 0.903. The van der Waals surface area contributed by atoms with E-state index in [1.165, 1.54) is 0 Å². The average molecular weight is 284 g/mol. The molecule has 0 saturated carbocycles. The Balaban J connectivity index is 2.26. The van der Waals surface area contributed by atoms with Crippen molar-refractivity contribution in [1.29, 1.82) is 0 Å². The molecule has 2 atom stereocenters. The molecule has 0 radical (unpaired) electrons. The third-order valence-corrected chi connectivity index (χ3v) is 3.67. The molecular formula is C15H22ClNO2. The number of hydrogen-bond acceptors (Lipinski definition) is 3. The van der Waals surface area contributed by atoms with E-state index in [9.17, 15) is 5.11 Å². The topological polar surface area (TPSA) is 32.7 Å². The van der Waals surface area contributed by atoms with E-state index in [1.54, 1.807) is 6.92 Å². The van der Waals surface area contributed by atoms with Gasteiger partial charge in [0.05, 0.1) is 28.5 Å². The van der Waals surface area contributed by atoms with Gasteiger partial charge in [-0.25, -0.2) is 0 Å². The van der Waals surface area contributed by atoms with E-state index in [2.05, 4.69) is 25.7 Å². The van der Waals surface area contributed by atoms with Crippen molar-refractivity contribution in [3.05, 3.63) is 28.8 Å². The van der Waals surface area contributed by atoms with Crippen LogP contribution in [0.4, 0.5) is 5.69 Å². The maximum absolute atomic E-state index is 9.58. The summed E-state index contributed by atoms with van der Waals surface area (Å²) in [5.41, 5.74) is 1.67. The summed E-state index contributed by atoms with van der Waals surface area (Å²) in [6.45, 7) is 9.64. The van der Waals surface area contributed by atoms with Crippen molar-refractivity contribution in [2.24, 2.45) is 0 Å². The fourth-order valence-electron chi connectivity index (χ4n) is 2.68. The number of nitrogens with zero attached hydrogens (tertiary/aromatic N) is 1. The lowest BCUT2D eigenvalue weighted by Crippen LogP contribution is -2.52. The summed E-state index contributed by atoms with van der Waals surface area (Å²) < 4.78 is 5.90. The minimum absolute atomic E-state index is 0.177. The Morgan fingerprint density at radius 2 is 2.16 bits per heavy atom. The third kappa shape index (κ3) is 3.41. The van der Waals surface area contributed by atoms with Gasteiger partial charge in [0.2, 0.25) is 0 Å². The van der Waals surface area contributed by atoms with Crippen molar-refractivity contribution in [2.45, 2.75) is 45.5 Å². The highest BCUT2D eigenvalue weighted by Gasteiger charge is 2.32. The van der Waals surface area contributed by atoms with Gasteiger partial charge in [-0.05, 0) is 45.4 Å². The Morgan fingerprint density at radius 1 is 1.47 bits per heavy atom. The minimum atomic E-state index is -0.494. The number of benzene rings is 1. The molecule has 0 aromatic heterocycles. The Morgan fingerprint density at radius 3 is 2.68 bits per heavy atom. The van der Waals surface area contributed by atoms with Crippen LogP contribution in [0.25, 0.3) is 0 Å². The van der Waals surface area contributed by atoms with Crippen LogP contribution in [0.3, 0.4) is 0 Å². The molecule has 1 saturated heterocycles. The number of morpholine rings is 1. The van der Waals surface area contributed by atoms with Crippen molar-refractivity contribution in [3.8, 4) is 0 Å². The number of ether oxygens (including phenoxy) is 1. The number of rotatable bonds is 2. The van der Waals surface area contributed by atoms with Crippen LogP contribution in [0.15, 0.2) is 18.2 Å². The van der Waals surface area contributed by atoms with Crippen molar-refractivity contribution >= 4 is 17.3 Å². The maximum atomic E-state index is 9.58. The first-order chi connectivity index (χ1) is 8.78. The van der Waals surface area contributed by atoms with Gasteiger partial charge >= 0.3 is 0 Å². The summed E-state index contributed by atoms with van der Waals surface area (Å²) in [5.74, 6) is 0. The lowest BCUT2D eigenvalue weighted by atomic mass is 10.0. The second-order valence-corrected chi connectivity index (χ2v) is 6.36. The molecule has 1 N–H and O–H groups in total. The summed E-state index contributed by atoms with van der Waals surface area (Å²) >= 11 is 6.35. The first kappa shape index (κ1) is 14.6. The average Bonchev–Trinajstić information content (AvgIpc) is 2.25. The van der Waals surface area contributed by atoms with Crippen LogP contribution < -0.4 is 4.90 Å². The molecule has 3 nitrogen and oxygen atoms in total. The number of aliphatic hydroxyl groups is 1. The van der Waals surface area contributed by atoms with Crippen LogP contribution in [0.2, 0.25) is 5.02 Å². The van der Waals surface area contributed by atoms with Gasteiger partial charge in [-0.2, -0.15) is 0 Å². The fourth-order valence-corrected chi connectivity index (χ4v) is 2.99. The smallest absolute Gasteiger partial charge is 0.0805 e. The first-order valence-corrected chi connectivity index (χ1v) is 7.06.